The molecule has 0 fully saturated rings. The third-order valence-corrected chi connectivity index (χ3v) is 2.92. The van der Waals surface area contributed by atoms with Crippen LogP contribution >= 0.6 is 0 Å². The summed E-state index contributed by atoms with van der Waals surface area (Å²) in [5.74, 6) is -1.72. The van der Waals surface area contributed by atoms with Gasteiger partial charge in [0.1, 0.15) is 0 Å². The number of benzene rings is 1. The first-order valence-electron chi connectivity index (χ1n) is 6.91. The number of halogens is 2. The van der Waals surface area contributed by atoms with E-state index in [-0.39, 0.29) is 11.9 Å². The summed E-state index contributed by atoms with van der Waals surface area (Å²) in [6.45, 7) is 3.76. The fourth-order valence-corrected chi connectivity index (χ4v) is 1.78. The maximum Gasteiger partial charge on any atom is 0.191 e. The summed E-state index contributed by atoms with van der Waals surface area (Å²) in [4.78, 5) is 0. The first-order valence-corrected chi connectivity index (χ1v) is 6.91. The Kier molecular flexibility index (Phi) is 8.19. The van der Waals surface area contributed by atoms with Gasteiger partial charge in [-0.15, -0.1) is 0 Å². The molecule has 0 aliphatic rings. The van der Waals surface area contributed by atoms with Crippen LogP contribution in [0, 0.1) is 11.6 Å². The maximum absolute atomic E-state index is 13.9. The van der Waals surface area contributed by atoms with Gasteiger partial charge in [-0.1, -0.05) is 0 Å². The van der Waals surface area contributed by atoms with Gasteiger partial charge in [0.15, 0.2) is 17.4 Å². The lowest BCUT2D eigenvalue weighted by atomic mass is 10.2. The number of methoxy groups -OCH3 is 2. The molecule has 1 rings (SSSR count). The fraction of sp³-hybridized carbons (Fsp3) is 0.600. The highest BCUT2D eigenvalue weighted by molar-refractivity contribution is 5.31. The summed E-state index contributed by atoms with van der Waals surface area (Å²) < 4.78 is 42.9. The topological polar surface area (TPSA) is 39.7 Å². The van der Waals surface area contributed by atoms with Gasteiger partial charge in [0.05, 0.1) is 12.7 Å². The zero-order valence-electron chi connectivity index (χ0n) is 12.7. The predicted molar refractivity (Wildman–Crippen MR) is 76.5 cm³/mol. The molecule has 1 N–H and O–H groups in total. The van der Waals surface area contributed by atoms with E-state index in [1.54, 1.807) is 21.1 Å². The monoisotopic (exact) mass is 303 g/mol. The third-order valence-electron chi connectivity index (χ3n) is 2.92. The quantitative estimate of drug-likeness (QED) is 0.674. The standard InChI is InChI=1S/C15H23F2NO3/c1-11(4-6-19-2)21-15-13(16)8-12(9-14(15)17)10-18-5-7-20-3/h8-9,11,18H,4-7,10H2,1-3H3. The van der Waals surface area contributed by atoms with Gasteiger partial charge in [0.2, 0.25) is 0 Å². The van der Waals surface area contributed by atoms with Gasteiger partial charge in [-0.3, -0.25) is 0 Å². The molecule has 0 aliphatic carbocycles. The van der Waals surface area contributed by atoms with Crippen molar-refractivity contribution in [3.63, 3.8) is 0 Å². The summed E-state index contributed by atoms with van der Waals surface area (Å²) in [7, 11) is 3.16. The Morgan fingerprint density at radius 3 is 2.29 bits per heavy atom. The van der Waals surface area contributed by atoms with E-state index in [2.05, 4.69) is 5.32 Å². The zero-order valence-corrected chi connectivity index (χ0v) is 12.7. The number of hydrogen-bond acceptors (Lipinski definition) is 4. The molecule has 1 aromatic carbocycles. The molecule has 1 atom stereocenters. The second-order valence-electron chi connectivity index (χ2n) is 4.77. The minimum absolute atomic E-state index is 0.320. The number of rotatable bonds is 10. The van der Waals surface area contributed by atoms with Crippen LogP contribution in [0.25, 0.3) is 0 Å². The lowest BCUT2D eigenvalue weighted by Crippen LogP contribution is -2.19. The summed E-state index contributed by atoms with van der Waals surface area (Å²) >= 11 is 0. The molecular formula is C15H23F2NO3. The molecule has 6 heteroatoms. The lowest BCUT2D eigenvalue weighted by Gasteiger charge is -2.16. The van der Waals surface area contributed by atoms with E-state index in [1.807, 2.05) is 0 Å². The molecule has 0 saturated heterocycles. The molecule has 1 unspecified atom stereocenters. The predicted octanol–water partition coefficient (Wildman–Crippen LogP) is 2.50. The van der Waals surface area contributed by atoms with Crippen LogP contribution in [0.1, 0.15) is 18.9 Å². The van der Waals surface area contributed by atoms with Crippen LogP contribution in [0.15, 0.2) is 12.1 Å². The minimum atomic E-state index is -0.692. The third kappa shape index (κ3) is 6.37. The highest BCUT2D eigenvalue weighted by Gasteiger charge is 2.15. The molecule has 0 heterocycles. The van der Waals surface area contributed by atoms with Crippen LogP contribution in [0.3, 0.4) is 0 Å². The Bertz CT molecular complexity index is 406. The molecule has 0 bridgehead atoms. The highest BCUT2D eigenvalue weighted by Crippen LogP contribution is 2.25. The second-order valence-corrected chi connectivity index (χ2v) is 4.77. The van der Waals surface area contributed by atoms with Crippen molar-refractivity contribution >= 4 is 0 Å². The van der Waals surface area contributed by atoms with E-state index in [1.165, 1.54) is 12.1 Å². The van der Waals surface area contributed by atoms with Crippen LogP contribution in [0.2, 0.25) is 0 Å². The molecule has 0 saturated carbocycles. The zero-order chi connectivity index (χ0) is 15.7. The number of nitrogens with one attached hydrogen (secondary N) is 1. The van der Waals surface area contributed by atoms with Gasteiger partial charge in [-0.2, -0.15) is 0 Å². The van der Waals surface area contributed by atoms with Crippen molar-refractivity contribution in [1.82, 2.24) is 5.32 Å². The van der Waals surface area contributed by atoms with Gasteiger partial charge < -0.3 is 19.5 Å². The molecule has 0 amide bonds. The fourth-order valence-electron chi connectivity index (χ4n) is 1.78. The van der Waals surface area contributed by atoms with Crippen LogP contribution in [0.5, 0.6) is 5.75 Å². The number of hydrogen-bond donors (Lipinski definition) is 1. The molecule has 21 heavy (non-hydrogen) atoms. The summed E-state index contributed by atoms with van der Waals surface area (Å²) in [5, 5.41) is 3.03. The average molecular weight is 303 g/mol. The maximum atomic E-state index is 13.9. The molecule has 4 nitrogen and oxygen atoms in total. The highest BCUT2D eigenvalue weighted by atomic mass is 19.1. The molecule has 1 aromatic rings. The van der Waals surface area contributed by atoms with Crippen LogP contribution in [-0.4, -0.2) is 40.1 Å². The Balaban J connectivity index is 2.62. The van der Waals surface area contributed by atoms with Crippen molar-refractivity contribution in [2.45, 2.75) is 26.0 Å². The van der Waals surface area contributed by atoms with Gasteiger partial charge in [-0.25, -0.2) is 8.78 Å². The SMILES string of the molecule is COCCNCc1cc(F)c(OC(C)CCOC)c(F)c1. The van der Waals surface area contributed by atoms with Gasteiger partial charge in [0, 0.05) is 40.3 Å². The van der Waals surface area contributed by atoms with E-state index >= 15 is 0 Å². The van der Waals surface area contributed by atoms with Gasteiger partial charge in [0.25, 0.3) is 0 Å². The second kappa shape index (κ2) is 9.65. The first kappa shape index (κ1) is 17.8. The molecular weight excluding hydrogens is 280 g/mol. The normalized spacial score (nSPS) is 12.4. The summed E-state index contributed by atoms with van der Waals surface area (Å²) in [6.07, 6.45) is 0.245. The van der Waals surface area contributed by atoms with Crippen molar-refractivity contribution in [3.8, 4) is 5.75 Å². The first-order chi connectivity index (χ1) is 10.1. The van der Waals surface area contributed by atoms with E-state index in [0.717, 1.165) is 0 Å². The molecule has 0 spiro atoms. The van der Waals surface area contributed by atoms with E-state index in [0.29, 0.717) is 38.3 Å². The van der Waals surface area contributed by atoms with Crippen LogP contribution < -0.4 is 10.1 Å². The number of ether oxygens (including phenoxy) is 3. The Morgan fingerprint density at radius 2 is 1.71 bits per heavy atom. The van der Waals surface area contributed by atoms with E-state index in [4.69, 9.17) is 14.2 Å². The molecule has 120 valence electrons. The lowest BCUT2D eigenvalue weighted by molar-refractivity contribution is 0.128. The van der Waals surface area contributed by atoms with E-state index < -0.39 is 11.6 Å². The summed E-state index contributed by atoms with van der Waals surface area (Å²) in [5.41, 5.74) is 0.526. The van der Waals surface area contributed by atoms with Crippen molar-refractivity contribution in [2.75, 3.05) is 34.0 Å². The van der Waals surface area contributed by atoms with Crippen LogP contribution in [0.4, 0.5) is 8.78 Å². The Labute approximate surface area is 124 Å². The molecule has 0 aliphatic heterocycles. The van der Waals surface area contributed by atoms with Crippen molar-refractivity contribution < 1.29 is 23.0 Å². The van der Waals surface area contributed by atoms with Crippen molar-refractivity contribution in [3.05, 3.63) is 29.3 Å². The Hall–Kier alpha value is -1.24. The van der Waals surface area contributed by atoms with Crippen molar-refractivity contribution in [2.24, 2.45) is 0 Å². The van der Waals surface area contributed by atoms with Gasteiger partial charge in [-0.05, 0) is 24.6 Å². The van der Waals surface area contributed by atoms with Crippen molar-refractivity contribution in [1.29, 1.82) is 0 Å². The minimum Gasteiger partial charge on any atom is -0.485 e. The Morgan fingerprint density at radius 1 is 1.10 bits per heavy atom. The van der Waals surface area contributed by atoms with Crippen LogP contribution in [-0.2, 0) is 16.0 Å². The van der Waals surface area contributed by atoms with E-state index in [9.17, 15) is 8.78 Å². The van der Waals surface area contributed by atoms with Gasteiger partial charge >= 0.3 is 0 Å². The summed E-state index contributed by atoms with van der Waals surface area (Å²) in [6, 6.07) is 2.56. The molecule has 0 aromatic heterocycles. The average Bonchev–Trinajstić information content (AvgIpc) is 2.45. The smallest absolute Gasteiger partial charge is 0.191 e. The molecule has 0 radical (unpaired) electrons. The largest absolute Gasteiger partial charge is 0.485 e.